The van der Waals surface area contributed by atoms with Crippen molar-refractivity contribution < 1.29 is 14.6 Å². The van der Waals surface area contributed by atoms with Crippen LogP contribution >= 0.6 is 11.6 Å². The fourth-order valence-electron chi connectivity index (χ4n) is 4.63. The zero-order valence-electron chi connectivity index (χ0n) is 19.8. The van der Waals surface area contributed by atoms with Crippen LogP contribution in [0.25, 0.3) is 5.69 Å². The van der Waals surface area contributed by atoms with Crippen molar-refractivity contribution in [2.24, 2.45) is 10.6 Å². The van der Waals surface area contributed by atoms with Crippen LogP contribution in [0.15, 0.2) is 47.6 Å². The first kappa shape index (κ1) is 23.7. The first-order valence-corrected chi connectivity index (χ1v) is 11.4. The topological polar surface area (TPSA) is 86.7 Å². The molecule has 2 aromatic carbocycles. The van der Waals surface area contributed by atoms with Gasteiger partial charge in [-0.3, -0.25) is 10.1 Å². The van der Waals surface area contributed by atoms with E-state index < -0.39 is 10.9 Å². The molecule has 0 saturated heterocycles. The number of nitrogens with zero attached hydrogens (tertiary/aromatic N) is 3. The highest BCUT2D eigenvalue weighted by Crippen LogP contribution is 2.38. The van der Waals surface area contributed by atoms with Crippen molar-refractivity contribution in [1.82, 2.24) is 4.57 Å². The number of halogens is 1. The molecule has 8 heteroatoms. The lowest BCUT2D eigenvalue weighted by atomic mass is 9.76. The van der Waals surface area contributed by atoms with Crippen LogP contribution in [0.5, 0.6) is 0 Å². The van der Waals surface area contributed by atoms with E-state index in [1.165, 1.54) is 23.3 Å². The van der Waals surface area contributed by atoms with E-state index in [0.29, 0.717) is 12.1 Å². The second kappa shape index (κ2) is 8.72. The molecule has 34 heavy (non-hydrogen) atoms. The summed E-state index contributed by atoms with van der Waals surface area (Å²) in [6, 6.07) is 12.3. The SMILES string of the molecule is Cc1cc(C)cc(-n2c(C)cc3c2CC(C)(C)C/C3=N\OC(=O)c2ccc(Cl)c([N+](=O)[O-])c2)c1. The van der Waals surface area contributed by atoms with Crippen molar-refractivity contribution in [3.8, 4) is 5.69 Å². The molecule has 0 aliphatic heterocycles. The number of nitro groups is 1. The normalized spacial score (nSPS) is 15.8. The summed E-state index contributed by atoms with van der Waals surface area (Å²) >= 11 is 5.85. The monoisotopic (exact) mass is 479 g/mol. The molecule has 0 radical (unpaired) electrons. The standard InChI is InChI=1S/C26H26ClN3O4/c1-15-8-16(2)10-19(9-15)29-17(3)11-20-22(13-26(4,5)14-24(20)29)28-34-25(31)18-6-7-21(27)23(12-18)30(32)33/h6-12H,13-14H2,1-5H3/b28-22+. The average molecular weight is 480 g/mol. The Morgan fingerprint density at radius 1 is 1.09 bits per heavy atom. The van der Waals surface area contributed by atoms with Crippen molar-refractivity contribution in [1.29, 1.82) is 0 Å². The maximum absolute atomic E-state index is 12.6. The molecule has 1 heterocycles. The molecule has 1 aliphatic rings. The number of benzene rings is 2. The Balaban J connectivity index is 1.72. The zero-order chi connectivity index (χ0) is 24.8. The second-order valence-electron chi connectivity index (χ2n) is 9.69. The maximum Gasteiger partial charge on any atom is 0.365 e. The number of hydrogen-bond acceptors (Lipinski definition) is 5. The highest BCUT2D eigenvalue weighted by atomic mass is 35.5. The Kier molecular flexibility index (Phi) is 6.08. The minimum absolute atomic E-state index is 0.0136. The second-order valence-corrected chi connectivity index (χ2v) is 10.1. The molecule has 3 aromatic rings. The van der Waals surface area contributed by atoms with E-state index in [-0.39, 0.29) is 21.7 Å². The van der Waals surface area contributed by atoms with Gasteiger partial charge in [0, 0.05) is 28.7 Å². The number of aryl methyl sites for hydroxylation is 3. The first-order valence-electron chi connectivity index (χ1n) is 11.0. The van der Waals surface area contributed by atoms with Crippen LogP contribution in [0.3, 0.4) is 0 Å². The van der Waals surface area contributed by atoms with Gasteiger partial charge in [-0.15, -0.1) is 0 Å². The maximum atomic E-state index is 12.6. The van der Waals surface area contributed by atoms with E-state index in [0.717, 1.165) is 35.1 Å². The number of oxime groups is 1. The molecule has 0 amide bonds. The molecule has 0 atom stereocenters. The zero-order valence-corrected chi connectivity index (χ0v) is 20.6. The van der Waals surface area contributed by atoms with E-state index in [1.54, 1.807) is 0 Å². The number of fused-ring (bicyclic) bond motifs is 1. The van der Waals surface area contributed by atoms with Crippen molar-refractivity contribution in [3.05, 3.63) is 91.2 Å². The van der Waals surface area contributed by atoms with Gasteiger partial charge in [-0.2, -0.15) is 0 Å². The predicted octanol–water partition coefficient (Wildman–Crippen LogP) is 6.50. The number of nitro benzene ring substituents is 1. The van der Waals surface area contributed by atoms with Crippen LogP contribution in [0.4, 0.5) is 5.69 Å². The number of carbonyl (C=O) groups excluding carboxylic acids is 1. The third kappa shape index (κ3) is 4.61. The lowest BCUT2D eigenvalue weighted by Gasteiger charge is -2.31. The van der Waals surface area contributed by atoms with E-state index in [4.69, 9.17) is 16.4 Å². The fourth-order valence-corrected chi connectivity index (χ4v) is 4.81. The molecule has 1 aromatic heterocycles. The average Bonchev–Trinajstić information content (AvgIpc) is 3.05. The first-order chi connectivity index (χ1) is 15.9. The van der Waals surface area contributed by atoms with E-state index in [2.05, 4.69) is 68.6 Å². The summed E-state index contributed by atoms with van der Waals surface area (Å²) in [5.74, 6) is -0.775. The Morgan fingerprint density at radius 3 is 2.41 bits per heavy atom. The summed E-state index contributed by atoms with van der Waals surface area (Å²) in [7, 11) is 0. The van der Waals surface area contributed by atoms with Crippen molar-refractivity contribution in [2.45, 2.75) is 47.5 Å². The van der Waals surface area contributed by atoms with Crippen molar-refractivity contribution >= 4 is 29.0 Å². The minimum Gasteiger partial charge on any atom is -0.318 e. The van der Waals surface area contributed by atoms with Crippen LogP contribution in [-0.4, -0.2) is 21.2 Å². The van der Waals surface area contributed by atoms with Crippen LogP contribution in [-0.2, 0) is 11.3 Å². The number of hydrogen-bond donors (Lipinski definition) is 0. The Morgan fingerprint density at radius 2 is 1.76 bits per heavy atom. The van der Waals surface area contributed by atoms with Gasteiger partial charge in [0.05, 0.1) is 16.2 Å². The smallest absolute Gasteiger partial charge is 0.318 e. The lowest BCUT2D eigenvalue weighted by Crippen LogP contribution is -2.28. The Bertz CT molecular complexity index is 1330. The molecular formula is C26H26ClN3O4. The molecule has 0 bridgehead atoms. The summed E-state index contributed by atoms with van der Waals surface area (Å²) in [5.41, 5.74) is 6.85. The van der Waals surface area contributed by atoms with E-state index in [9.17, 15) is 14.9 Å². The molecule has 0 unspecified atom stereocenters. The molecule has 4 rings (SSSR count). The van der Waals surface area contributed by atoms with E-state index >= 15 is 0 Å². The van der Waals surface area contributed by atoms with Gasteiger partial charge in [-0.05, 0) is 80.5 Å². The molecule has 0 N–H and O–H groups in total. The van der Waals surface area contributed by atoms with Gasteiger partial charge in [-0.1, -0.05) is 36.7 Å². The van der Waals surface area contributed by atoms with Crippen LogP contribution < -0.4 is 0 Å². The van der Waals surface area contributed by atoms with Crippen molar-refractivity contribution in [3.63, 3.8) is 0 Å². The Labute approximate surface area is 203 Å². The highest BCUT2D eigenvalue weighted by molar-refractivity contribution is 6.32. The van der Waals surface area contributed by atoms with Crippen LogP contribution in [0.2, 0.25) is 5.02 Å². The third-order valence-corrected chi connectivity index (χ3v) is 6.29. The molecule has 176 valence electrons. The molecule has 0 spiro atoms. The molecule has 1 aliphatic carbocycles. The summed E-state index contributed by atoms with van der Waals surface area (Å²) in [5, 5.41) is 15.3. The number of rotatable bonds is 4. The highest BCUT2D eigenvalue weighted by Gasteiger charge is 2.34. The summed E-state index contributed by atoms with van der Waals surface area (Å²) in [4.78, 5) is 28.4. The van der Waals surface area contributed by atoms with Crippen LogP contribution in [0.1, 0.15) is 58.7 Å². The molecule has 0 saturated carbocycles. The minimum atomic E-state index is -0.775. The van der Waals surface area contributed by atoms with Crippen LogP contribution in [0, 0.1) is 36.3 Å². The van der Waals surface area contributed by atoms with Gasteiger partial charge in [0.15, 0.2) is 0 Å². The van der Waals surface area contributed by atoms with Gasteiger partial charge in [0.1, 0.15) is 5.02 Å². The van der Waals surface area contributed by atoms with Gasteiger partial charge in [0.2, 0.25) is 0 Å². The summed E-state index contributed by atoms with van der Waals surface area (Å²) in [6.45, 7) is 10.5. The lowest BCUT2D eigenvalue weighted by molar-refractivity contribution is -0.384. The molecular weight excluding hydrogens is 454 g/mol. The fraction of sp³-hybridized carbons (Fsp3) is 0.308. The Hall–Kier alpha value is -3.45. The molecule has 7 nitrogen and oxygen atoms in total. The quantitative estimate of drug-likeness (QED) is 0.243. The largest absolute Gasteiger partial charge is 0.365 e. The third-order valence-electron chi connectivity index (χ3n) is 5.97. The molecule has 0 fully saturated rings. The van der Waals surface area contributed by atoms with Gasteiger partial charge in [0.25, 0.3) is 5.69 Å². The number of aromatic nitrogens is 1. The number of carbonyl (C=O) groups is 1. The summed E-state index contributed by atoms with van der Waals surface area (Å²) < 4.78 is 2.25. The van der Waals surface area contributed by atoms with Gasteiger partial charge in [-0.25, -0.2) is 4.79 Å². The van der Waals surface area contributed by atoms with Gasteiger partial charge >= 0.3 is 5.97 Å². The summed E-state index contributed by atoms with van der Waals surface area (Å²) in [6.07, 6.45) is 1.48. The van der Waals surface area contributed by atoms with Crippen molar-refractivity contribution in [2.75, 3.05) is 0 Å². The predicted molar refractivity (Wildman–Crippen MR) is 132 cm³/mol. The van der Waals surface area contributed by atoms with Gasteiger partial charge < -0.3 is 9.40 Å². The van der Waals surface area contributed by atoms with E-state index in [1.807, 2.05) is 0 Å².